The molecule has 5 nitrogen and oxygen atoms in total. The molecule has 0 aromatic heterocycles. The van der Waals surface area contributed by atoms with Gasteiger partial charge in [-0.3, -0.25) is 9.69 Å². The average molecular weight is 306 g/mol. The molecule has 1 aliphatic heterocycles. The van der Waals surface area contributed by atoms with E-state index in [0.717, 1.165) is 24.2 Å². The summed E-state index contributed by atoms with van der Waals surface area (Å²) in [5, 5.41) is 13.3. The zero-order valence-corrected chi connectivity index (χ0v) is 13.7. The Kier molecular flexibility index (Phi) is 5.56. The molecule has 1 fully saturated rings. The lowest BCUT2D eigenvalue weighted by molar-refractivity contribution is -0.0213. The molecule has 1 atom stereocenters. The summed E-state index contributed by atoms with van der Waals surface area (Å²) >= 11 is 0. The lowest BCUT2D eigenvalue weighted by Crippen LogP contribution is -2.51. The number of nitrogens with zero attached hydrogens (tertiary/aromatic N) is 1. The van der Waals surface area contributed by atoms with Gasteiger partial charge in [0.2, 0.25) is 0 Å². The van der Waals surface area contributed by atoms with Crippen LogP contribution in [0.5, 0.6) is 0 Å². The maximum atomic E-state index is 12.3. The second-order valence-electron chi connectivity index (χ2n) is 6.39. The summed E-state index contributed by atoms with van der Waals surface area (Å²) in [5.74, 6) is -0.136. The first kappa shape index (κ1) is 16.9. The van der Waals surface area contributed by atoms with Crippen molar-refractivity contribution in [2.75, 3.05) is 39.4 Å². The van der Waals surface area contributed by atoms with Crippen molar-refractivity contribution in [2.45, 2.75) is 26.4 Å². The third kappa shape index (κ3) is 4.80. The molecule has 1 amide bonds. The van der Waals surface area contributed by atoms with Gasteiger partial charge in [-0.1, -0.05) is 17.7 Å². The highest BCUT2D eigenvalue weighted by Crippen LogP contribution is 2.12. The number of aliphatic hydroxyl groups is 1. The van der Waals surface area contributed by atoms with Gasteiger partial charge in [0.15, 0.2) is 0 Å². The van der Waals surface area contributed by atoms with Crippen molar-refractivity contribution in [1.29, 1.82) is 0 Å². The highest BCUT2D eigenvalue weighted by molar-refractivity contribution is 5.95. The fraction of sp³-hybridized carbons (Fsp3) is 0.588. The van der Waals surface area contributed by atoms with Crippen LogP contribution in [-0.2, 0) is 4.74 Å². The number of rotatable bonds is 5. The van der Waals surface area contributed by atoms with Crippen LogP contribution in [0.4, 0.5) is 0 Å². The molecule has 1 aromatic rings. The van der Waals surface area contributed by atoms with Crippen molar-refractivity contribution >= 4 is 5.91 Å². The Morgan fingerprint density at radius 1 is 1.36 bits per heavy atom. The molecule has 1 unspecified atom stereocenters. The minimum atomic E-state index is -0.954. The molecule has 122 valence electrons. The Morgan fingerprint density at radius 3 is 2.73 bits per heavy atom. The van der Waals surface area contributed by atoms with Crippen LogP contribution in [0, 0.1) is 13.8 Å². The van der Waals surface area contributed by atoms with Crippen molar-refractivity contribution in [3.63, 3.8) is 0 Å². The van der Waals surface area contributed by atoms with E-state index in [1.807, 2.05) is 32.0 Å². The molecule has 0 radical (unpaired) electrons. The Balaban J connectivity index is 1.90. The summed E-state index contributed by atoms with van der Waals surface area (Å²) in [5.41, 5.74) is 1.71. The number of hydrogen-bond donors (Lipinski definition) is 2. The molecule has 2 N–H and O–H groups in total. The van der Waals surface area contributed by atoms with Crippen LogP contribution < -0.4 is 5.32 Å². The molecular weight excluding hydrogens is 280 g/mol. The van der Waals surface area contributed by atoms with Crippen molar-refractivity contribution < 1.29 is 14.6 Å². The van der Waals surface area contributed by atoms with Crippen LogP contribution in [0.3, 0.4) is 0 Å². The fourth-order valence-corrected chi connectivity index (χ4v) is 2.64. The molecule has 1 aromatic carbocycles. The number of hydrogen-bond acceptors (Lipinski definition) is 4. The summed E-state index contributed by atoms with van der Waals surface area (Å²) in [6.45, 7) is 9.44. The number of nitrogens with one attached hydrogen (secondary N) is 1. The van der Waals surface area contributed by atoms with E-state index in [2.05, 4.69) is 10.2 Å². The maximum absolute atomic E-state index is 12.3. The number of carbonyl (C=O) groups excluding carboxylic acids is 1. The van der Waals surface area contributed by atoms with Gasteiger partial charge in [-0.2, -0.15) is 0 Å². The lowest BCUT2D eigenvalue weighted by atomic mass is 10.0. The number of ether oxygens (including phenoxy) is 1. The first-order valence-electron chi connectivity index (χ1n) is 7.75. The Labute approximate surface area is 132 Å². The van der Waals surface area contributed by atoms with E-state index in [-0.39, 0.29) is 12.5 Å². The zero-order valence-electron chi connectivity index (χ0n) is 13.7. The lowest BCUT2D eigenvalue weighted by Gasteiger charge is -2.33. The third-order valence-electron chi connectivity index (χ3n) is 3.94. The number of morpholine rings is 1. The molecule has 1 saturated heterocycles. The SMILES string of the molecule is Cc1ccc(C)c(C(=O)NCC(C)(O)CN2CCOCC2)c1. The molecule has 5 heteroatoms. The van der Waals surface area contributed by atoms with Gasteiger partial charge in [0.05, 0.1) is 18.8 Å². The van der Waals surface area contributed by atoms with Crippen LogP contribution in [0.2, 0.25) is 0 Å². The molecule has 22 heavy (non-hydrogen) atoms. The summed E-state index contributed by atoms with van der Waals surface area (Å²) in [4.78, 5) is 14.5. The number of carbonyl (C=O) groups is 1. The second-order valence-corrected chi connectivity index (χ2v) is 6.39. The molecular formula is C17H26N2O3. The average Bonchev–Trinajstić information content (AvgIpc) is 2.48. The van der Waals surface area contributed by atoms with E-state index in [9.17, 15) is 9.90 Å². The largest absolute Gasteiger partial charge is 0.387 e. The van der Waals surface area contributed by atoms with Crippen LogP contribution in [0.1, 0.15) is 28.4 Å². The highest BCUT2D eigenvalue weighted by Gasteiger charge is 2.26. The van der Waals surface area contributed by atoms with Gasteiger partial charge < -0.3 is 15.2 Å². The minimum Gasteiger partial charge on any atom is -0.387 e. The van der Waals surface area contributed by atoms with Crippen molar-refractivity contribution in [3.05, 3.63) is 34.9 Å². The van der Waals surface area contributed by atoms with Crippen LogP contribution in [0.15, 0.2) is 18.2 Å². The van der Waals surface area contributed by atoms with Gasteiger partial charge in [0.25, 0.3) is 5.91 Å². The van der Waals surface area contributed by atoms with E-state index < -0.39 is 5.60 Å². The first-order chi connectivity index (χ1) is 10.4. The summed E-state index contributed by atoms with van der Waals surface area (Å²) in [6.07, 6.45) is 0. The van der Waals surface area contributed by atoms with E-state index in [0.29, 0.717) is 25.3 Å². The molecule has 2 rings (SSSR count). The number of amides is 1. The number of β-amino-alcohol motifs (C(OH)–C–C–N with tert-alkyl or cyclic N) is 1. The van der Waals surface area contributed by atoms with E-state index >= 15 is 0 Å². The first-order valence-corrected chi connectivity index (χ1v) is 7.75. The van der Waals surface area contributed by atoms with E-state index in [1.165, 1.54) is 0 Å². The number of benzene rings is 1. The maximum Gasteiger partial charge on any atom is 0.251 e. The van der Waals surface area contributed by atoms with Gasteiger partial charge in [0.1, 0.15) is 0 Å². The van der Waals surface area contributed by atoms with Crippen LogP contribution >= 0.6 is 0 Å². The second kappa shape index (κ2) is 7.22. The fourth-order valence-electron chi connectivity index (χ4n) is 2.64. The quantitative estimate of drug-likeness (QED) is 0.856. The summed E-state index contributed by atoms with van der Waals surface area (Å²) < 4.78 is 5.30. The van der Waals surface area contributed by atoms with Gasteiger partial charge in [-0.05, 0) is 32.4 Å². The molecule has 0 spiro atoms. The normalized spacial score (nSPS) is 18.7. The Hall–Kier alpha value is -1.43. The van der Waals surface area contributed by atoms with Crippen molar-refractivity contribution in [1.82, 2.24) is 10.2 Å². The van der Waals surface area contributed by atoms with Crippen LogP contribution in [-0.4, -0.2) is 60.9 Å². The Morgan fingerprint density at radius 2 is 2.05 bits per heavy atom. The predicted molar refractivity (Wildman–Crippen MR) is 86.1 cm³/mol. The molecule has 1 aliphatic rings. The van der Waals surface area contributed by atoms with Crippen molar-refractivity contribution in [3.8, 4) is 0 Å². The van der Waals surface area contributed by atoms with Crippen molar-refractivity contribution in [2.24, 2.45) is 0 Å². The monoisotopic (exact) mass is 306 g/mol. The highest BCUT2D eigenvalue weighted by atomic mass is 16.5. The molecule has 1 heterocycles. The van der Waals surface area contributed by atoms with E-state index in [1.54, 1.807) is 6.92 Å². The topological polar surface area (TPSA) is 61.8 Å². The van der Waals surface area contributed by atoms with Gasteiger partial charge in [0, 0.05) is 31.7 Å². The van der Waals surface area contributed by atoms with Gasteiger partial charge >= 0.3 is 0 Å². The molecule has 0 bridgehead atoms. The Bertz CT molecular complexity index is 523. The summed E-state index contributed by atoms with van der Waals surface area (Å²) in [7, 11) is 0. The van der Waals surface area contributed by atoms with Crippen LogP contribution in [0.25, 0.3) is 0 Å². The number of aryl methyl sites for hydroxylation is 2. The van der Waals surface area contributed by atoms with Gasteiger partial charge in [-0.25, -0.2) is 0 Å². The zero-order chi connectivity index (χ0) is 16.2. The third-order valence-corrected chi connectivity index (χ3v) is 3.94. The summed E-state index contributed by atoms with van der Waals surface area (Å²) in [6, 6.07) is 5.80. The molecule has 0 saturated carbocycles. The minimum absolute atomic E-state index is 0.136. The standard InChI is InChI=1S/C17H26N2O3/c1-13-4-5-14(2)15(10-13)16(20)18-11-17(3,21)12-19-6-8-22-9-7-19/h4-5,10,21H,6-9,11-12H2,1-3H3,(H,18,20). The van der Waals surface area contributed by atoms with Gasteiger partial charge in [-0.15, -0.1) is 0 Å². The predicted octanol–water partition coefficient (Wildman–Crippen LogP) is 1.12. The smallest absolute Gasteiger partial charge is 0.251 e. The van der Waals surface area contributed by atoms with E-state index in [4.69, 9.17) is 4.74 Å². The molecule has 0 aliphatic carbocycles.